The molecule has 0 saturated heterocycles. The maximum atomic E-state index is 13.1. The van der Waals surface area contributed by atoms with Gasteiger partial charge in [0, 0.05) is 18.8 Å². The monoisotopic (exact) mass is 315 g/mol. The Morgan fingerprint density at radius 1 is 1.27 bits per heavy atom. The van der Waals surface area contributed by atoms with E-state index in [1.165, 1.54) is 7.11 Å². The molecule has 0 aromatic heterocycles. The highest BCUT2D eigenvalue weighted by atomic mass is 19.4. The van der Waals surface area contributed by atoms with E-state index in [1.54, 1.807) is 14.0 Å². The van der Waals surface area contributed by atoms with Crippen LogP contribution in [0.5, 0.6) is 0 Å². The molecule has 2 rings (SSSR count). The van der Waals surface area contributed by atoms with Gasteiger partial charge in [-0.2, -0.15) is 13.2 Å². The van der Waals surface area contributed by atoms with Gasteiger partial charge in [-0.3, -0.25) is 0 Å². The number of esters is 1. The highest BCUT2D eigenvalue weighted by Crippen LogP contribution is 2.37. The number of methoxy groups -OCH3 is 1. The van der Waals surface area contributed by atoms with E-state index in [9.17, 15) is 18.0 Å². The largest absolute Gasteiger partial charge is 0.465 e. The molecule has 1 saturated carbocycles. The van der Waals surface area contributed by atoms with Crippen molar-refractivity contribution in [3.05, 3.63) is 28.8 Å². The van der Waals surface area contributed by atoms with Gasteiger partial charge >= 0.3 is 12.1 Å². The van der Waals surface area contributed by atoms with E-state index in [2.05, 4.69) is 4.74 Å². The lowest BCUT2D eigenvalue weighted by molar-refractivity contribution is -0.137. The molecule has 1 aliphatic carbocycles. The van der Waals surface area contributed by atoms with E-state index in [0.717, 1.165) is 37.8 Å². The highest BCUT2D eigenvalue weighted by molar-refractivity contribution is 5.93. The lowest BCUT2D eigenvalue weighted by Gasteiger charge is -2.29. The number of carbonyl (C=O) groups excluding carboxylic acids is 1. The Morgan fingerprint density at radius 3 is 2.36 bits per heavy atom. The van der Waals surface area contributed by atoms with Crippen molar-refractivity contribution in [1.29, 1.82) is 0 Å². The second-order valence-corrected chi connectivity index (χ2v) is 5.71. The smallest absolute Gasteiger partial charge is 0.416 e. The summed E-state index contributed by atoms with van der Waals surface area (Å²) in [5.74, 6) is -0.746. The zero-order valence-corrected chi connectivity index (χ0v) is 13.0. The van der Waals surface area contributed by atoms with Gasteiger partial charge in [-0.05, 0) is 37.5 Å². The number of hydrogen-bond acceptors (Lipinski definition) is 3. The van der Waals surface area contributed by atoms with Crippen LogP contribution in [0.1, 0.15) is 47.2 Å². The molecule has 22 heavy (non-hydrogen) atoms. The number of halogens is 3. The predicted molar refractivity (Wildman–Crippen MR) is 78.2 cm³/mol. The Hall–Kier alpha value is -1.72. The van der Waals surface area contributed by atoms with Crippen molar-refractivity contribution >= 4 is 11.7 Å². The Kier molecular flexibility index (Phi) is 4.68. The molecule has 0 radical (unpaired) electrons. The average molecular weight is 315 g/mol. The van der Waals surface area contributed by atoms with Crippen LogP contribution in [0, 0.1) is 6.92 Å². The topological polar surface area (TPSA) is 29.5 Å². The summed E-state index contributed by atoms with van der Waals surface area (Å²) in [5.41, 5.74) is 0.117. The predicted octanol–water partition coefficient (Wildman–Crippen LogP) is 4.18. The Balaban J connectivity index is 2.53. The van der Waals surface area contributed by atoms with Gasteiger partial charge in [0.05, 0.1) is 18.2 Å². The Morgan fingerprint density at radius 2 is 1.86 bits per heavy atom. The number of anilines is 1. The van der Waals surface area contributed by atoms with E-state index in [-0.39, 0.29) is 11.6 Å². The van der Waals surface area contributed by atoms with Gasteiger partial charge in [-0.25, -0.2) is 4.79 Å². The van der Waals surface area contributed by atoms with Crippen molar-refractivity contribution in [2.75, 3.05) is 19.1 Å². The molecule has 0 amide bonds. The minimum atomic E-state index is -4.50. The molecule has 0 heterocycles. The van der Waals surface area contributed by atoms with E-state index in [4.69, 9.17) is 0 Å². The van der Waals surface area contributed by atoms with E-state index >= 15 is 0 Å². The second-order valence-electron chi connectivity index (χ2n) is 5.71. The van der Waals surface area contributed by atoms with Crippen molar-refractivity contribution in [2.45, 2.75) is 44.8 Å². The van der Waals surface area contributed by atoms with Gasteiger partial charge in [0.2, 0.25) is 0 Å². The summed E-state index contributed by atoms with van der Waals surface area (Å²) in [6.07, 6.45) is -0.422. The summed E-state index contributed by atoms with van der Waals surface area (Å²) in [6, 6.07) is 2.21. The summed E-state index contributed by atoms with van der Waals surface area (Å²) in [6.45, 7) is 1.66. The fraction of sp³-hybridized carbons (Fsp3) is 0.562. The van der Waals surface area contributed by atoms with Gasteiger partial charge in [0.1, 0.15) is 0 Å². The van der Waals surface area contributed by atoms with E-state index in [1.807, 2.05) is 4.90 Å². The van der Waals surface area contributed by atoms with Crippen LogP contribution in [0.2, 0.25) is 0 Å². The van der Waals surface area contributed by atoms with Gasteiger partial charge in [-0.1, -0.05) is 12.8 Å². The maximum Gasteiger partial charge on any atom is 0.416 e. The normalized spacial score (nSPS) is 15.9. The van der Waals surface area contributed by atoms with E-state index < -0.39 is 17.7 Å². The van der Waals surface area contributed by atoms with Gasteiger partial charge in [-0.15, -0.1) is 0 Å². The van der Waals surface area contributed by atoms with Crippen molar-refractivity contribution in [3.63, 3.8) is 0 Å². The van der Waals surface area contributed by atoms with Crippen LogP contribution in [0.25, 0.3) is 0 Å². The maximum absolute atomic E-state index is 13.1. The molecule has 0 unspecified atom stereocenters. The number of ether oxygens (including phenoxy) is 1. The zero-order valence-electron chi connectivity index (χ0n) is 13.0. The third-order valence-electron chi connectivity index (χ3n) is 4.37. The summed E-state index contributed by atoms with van der Waals surface area (Å²) in [7, 11) is 2.96. The molecule has 0 bridgehead atoms. The molecule has 0 spiro atoms. The molecule has 0 N–H and O–H groups in total. The van der Waals surface area contributed by atoms with Crippen LogP contribution < -0.4 is 4.90 Å². The van der Waals surface area contributed by atoms with Gasteiger partial charge in [0.25, 0.3) is 0 Å². The van der Waals surface area contributed by atoms with Crippen molar-refractivity contribution in [1.82, 2.24) is 0 Å². The lowest BCUT2D eigenvalue weighted by atomic mass is 10.0. The molecular weight excluding hydrogens is 295 g/mol. The minimum absolute atomic E-state index is 0.0304. The molecule has 3 nitrogen and oxygen atoms in total. The van der Waals surface area contributed by atoms with E-state index in [0.29, 0.717) is 11.3 Å². The first-order valence-electron chi connectivity index (χ1n) is 7.28. The fourth-order valence-corrected chi connectivity index (χ4v) is 3.04. The Bertz CT molecular complexity index is 563. The summed E-state index contributed by atoms with van der Waals surface area (Å²) in [4.78, 5) is 13.7. The molecule has 1 aliphatic rings. The summed E-state index contributed by atoms with van der Waals surface area (Å²) in [5, 5.41) is 0. The first-order chi connectivity index (χ1) is 10.3. The van der Waals surface area contributed by atoms with Crippen LogP contribution in [-0.2, 0) is 10.9 Å². The van der Waals surface area contributed by atoms with Crippen LogP contribution in [0.4, 0.5) is 18.9 Å². The quantitative estimate of drug-likeness (QED) is 0.784. The average Bonchev–Trinajstić information content (AvgIpc) is 2.99. The standard InChI is InChI=1S/C16H20F3NO2/c1-10-13(15(21)22-3)8-11(16(17,18)19)9-14(10)20(2)12-6-4-5-7-12/h8-9,12H,4-7H2,1-3H3. The zero-order chi connectivity index (χ0) is 16.5. The Labute approximate surface area is 128 Å². The number of alkyl halides is 3. The molecule has 6 heteroatoms. The lowest BCUT2D eigenvalue weighted by Crippen LogP contribution is -2.30. The number of nitrogens with zero attached hydrogens (tertiary/aromatic N) is 1. The summed E-state index contributed by atoms with van der Waals surface area (Å²) < 4.78 is 44.0. The molecule has 0 atom stereocenters. The molecule has 1 aromatic carbocycles. The number of benzene rings is 1. The molecular formula is C16H20F3NO2. The molecule has 1 fully saturated rings. The van der Waals surface area contributed by atoms with Crippen molar-refractivity contribution in [2.24, 2.45) is 0 Å². The SMILES string of the molecule is COC(=O)c1cc(C(F)(F)F)cc(N(C)C2CCCC2)c1C. The third-order valence-corrected chi connectivity index (χ3v) is 4.37. The number of carbonyl (C=O) groups is 1. The molecule has 122 valence electrons. The van der Waals surface area contributed by atoms with Crippen LogP contribution in [0.3, 0.4) is 0 Å². The van der Waals surface area contributed by atoms with Crippen molar-refractivity contribution in [3.8, 4) is 0 Å². The summed E-state index contributed by atoms with van der Waals surface area (Å²) >= 11 is 0. The van der Waals surface area contributed by atoms with Crippen LogP contribution in [0.15, 0.2) is 12.1 Å². The first-order valence-corrected chi connectivity index (χ1v) is 7.28. The third kappa shape index (κ3) is 3.20. The fourth-order valence-electron chi connectivity index (χ4n) is 3.04. The highest BCUT2D eigenvalue weighted by Gasteiger charge is 2.34. The molecule has 1 aromatic rings. The van der Waals surface area contributed by atoms with Gasteiger partial charge in [0.15, 0.2) is 0 Å². The van der Waals surface area contributed by atoms with Gasteiger partial charge < -0.3 is 9.64 Å². The molecule has 0 aliphatic heterocycles. The second kappa shape index (κ2) is 6.18. The number of hydrogen-bond donors (Lipinski definition) is 0. The first kappa shape index (κ1) is 16.6. The van der Waals surface area contributed by atoms with Crippen LogP contribution in [-0.4, -0.2) is 26.2 Å². The number of rotatable bonds is 3. The van der Waals surface area contributed by atoms with Crippen LogP contribution >= 0.6 is 0 Å². The minimum Gasteiger partial charge on any atom is -0.465 e. The van der Waals surface area contributed by atoms with Crippen molar-refractivity contribution < 1.29 is 22.7 Å².